The van der Waals surface area contributed by atoms with E-state index in [-0.39, 0.29) is 0 Å². The Morgan fingerprint density at radius 1 is 1.44 bits per heavy atom. The molecule has 0 unspecified atom stereocenters. The molecule has 0 bridgehead atoms. The lowest BCUT2D eigenvalue weighted by Gasteiger charge is -2.19. The molecule has 18 heavy (non-hydrogen) atoms. The number of amides is 1. The molecule has 1 amide bonds. The molecule has 0 saturated carbocycles. The van der Waals surface area contributed by atoms with Gasteiger partial charge in [-0.3, -0.25) is 5.32 Å². The number of aryl methyl sites for hydroxylation is 1. The molecule has 1 N–H and O–H groups in total. The van der Waals surface area contributed by atoms with Gasteiger partial charge in [-0.2, -0.15) is 12.6 Å². The van der Waals surface area contributed by atoms with E-state index in [0.29, 0.717) is 16.5 Å². The van der Waals surface area contributed by atoms with E-state index in [1.54, 1.807) is 12.1 Å². The van der Waals surface area contributed by atoms with Crippen LogP contribution in [0.2, 0.25) is 5.02 Å². The normalized spacial score (nSPS) is 11.2. The number of thiol groups is 1. The number of halogens is 1. The number of hydrogen-bond donors (Lipinski definition) is 2. The van der Waals surface area contributed by atoms with Crippen molar-refractivity contribution in [1.29, 1.82) is 0 Å². The molecule has 0 aliphatic heterocycles. The molecule has 1 aromatic rings. The Labute approximate surface area is 118 Å². The summed E-state index contributed by atoms with van der Waals surface area (Å²) in [4.78, 5) is 11.6. The first kappa shape index (κ1) is 15.2. The summed E-state index contributed by atoms with van der Waals surface area (Å²) in [6, 6.07) is 5.34. The van der Waals surface area contributed by atoms with Crippen LogP contribution in [0.25, 0.3) is 0 Å². The average molecular weight is 288 g/mol. The van der Waals surface area contributed by atoms with Crippen molar-refractivity contribution in [3.05, 3.63) is 28.8 Å². The van der Waals surface area contributed by atoms with Crippen molar-refractivity contribution in [2.75, 3.05) is 11.1 Å². The van der Waals surface area contributed by atoms with E-state index in [4.69, 9.17) is 16.3 Å². The van der Waals surface area contributed by atoms with Crippen molar-refractivity contribution < 1.29 is 9.53 Å². The summed E-state index contributed by atoms with van der Waals surface area (Å²) in [5, 5.41) is 3.36. The van der Waals surface area contributed by atoms with Crippen LogP contribution in [-0.2, 0) is 11.2 Å². The van der Waals surface area contributed by atoms with Gasteiger partial charge in [-0.15, -0.1) is 0 Å². The van der Waals surface area contributed by atoms with E-state index in [2.05, 4.69) is 17.9 Å². The third-order valence-electron chi connectivity index (χ3n) is 2.07. The SMILES string of the molecule is CC(C)(C)OC(=O)Nc1ccc(Cl)c(CCS)c1. The van der Waals surface area contributed by atoms with Gasteiger partial charge in [0.25, 0.3) is 0 Å². The zero-order valence-corrected chi connectivity index (χ0v) is 12.4. The van der Waals surface area contributed by atoms with Crippen LogP contribution in [0.4, 0.5) is 10.5 Å². The van der Waals surface area contributed by atoms with Crippen molar-refractivity contribution >= 4 is 36.0 Å². The first-order valence-corrected chi connectivity index (χ1v) is 6.72. The summed E-state index contributed by atoms with van der Waals surface area (Å²) in [7, 11) is 0. The molecular weight excluding hydrogens is 270 g/mol. The second kappa shape index (κ2) is 6.34. The fourth-order valence-electron chi connectivity index (χ4n) is 1.39. The van der Waals surface area contributed by atoms with Crippen LogP contribution in [0, 0.1) is 0 Å². The molecule has 0 aromatic heterocycles. The Kier molecular flexibility index (Phi) is 5.35. The van der Waals surface area contributed by atoms with Crippen LogP contribution >= 0.6 is 24.2 Å². The van der Waals surface area contributed by atoms with E-state index >= 15 is 0 Å². The minimum Gasteiger partial charge on any atom is -0.444 e. The highest BCUT2D eigenvalue weighted by atomic mass is 35.5. The summed E-state index contributed by atoms with van der Waals surface area (Å²) in [5.41, 5.74) is 1.12. The maximum absolute atomic E-state index is 11.6. The van der Waals surface area contributed by atoms with E-state index in [9.17, 15) is 4.79 Å². The predicted octanol–water partition coefficient (Wildman–Crippen LogP) is 4.16. The monoisotopic (exact) mass is 287 g/mol. The second-order valence-electron chi connectivity index (χ2n) is 4.91. The summed E-state index contributed by atoms with van der Waals surface area (Å²) < 4.78 is 5.17. The van der Waals surface area contributed by atoms with Crippen LogP contribution in [0.15, 0.2) is 18.2 Å². The number of ether oxygens (including phenoxy) is 1. The summed E-state index contributed by atoms with van der Waals surface area (Å²) in [6.07, 6.45) is 0.285. The first-order valence-electron chi connectivity index (χ1n) is 5.71. The lowest BCUT2D eigenvalue weighted by atomic mass is 10.1. The maximum Gasteiger partial charge on any atom is 0.412 e. The maximum atomic E-state index is 11.6. The average Bonchev–Trinajstić information content (AvgIpc) is 2.20. The van der Waals surface area contributed by atoms with E-state index in [1.165, 1.54) is 0 Å². The van der Waals surface area contributed by atoms with Gasteiger partial charge in [0.1, 0.15) is 5.60 Å². The largest absolute Gasteiger partial charge is 0.444 e. The van der Waals surface area contributed by atoms with Gasteiger partial charge in [0.2, 0.25) is 0 Å². The minimum atomic E-state index is -0.509. The van der Waals surface area contributed by atoms with Crippen LogP contribution in [0.3, 0.4) is 0 Å². The molecule has 0 fully saturated rings. The van der Waals surface area contributed by atoms with Gasteiger partial charge in [0, 0.05) is 10.7 Å². The lowest BCUT2D eigenvalue weighted by Crippen LogP contribution is -2.27. The fourth-order valence-corrected chi connectivity index (χ4v) is 1.84. The number of hydrogen-bond acceptors (Lipinski definition) is 3. The number of rotatable bonds is 3. The van der Waals surface area contributed by atoms with E-state index < -0.39 is 11.7 Å². The quantitative estimate of drug-likeness (QED) is 0.819. The predicted molar refractivity (Wildman–Crippen MR) is 78.9 cm³/mol. The Hall–Kier alpha value is -0.870. The Morgan fingerprint density at radius 2 is 2.11 bits per heavy atom. The molecular formula is C13H18ClNO2S. The molecule has 0 aliphatic carbocycles. The van der Waals surface area contributed by atoms with Crippen molar-refractivity contribution in [3.8, 4) is 0 Å². The van der Waals surface area contributed by atoms with Crippen molar-refractivity contribution in [2.24, 2.45) is 0 Å². The van der Waals surface area contributed by atoms with Gasteiger partial charge in [-0.05, 0) is 56.7 Å². The highest BCUT2D eigenvalue weighted by Gasteiger charge is 2.16. The fraction of sp³-hybridized carbons (Fsp3) is 0.462. The Bertz CT molecular complexity index is 429. The zero-order valence-electron chi connectivity index (χ0n) is 10.8. The standard InChI is InChI=1S/C13H18ClNO2S/c1-13(2,3)17-12(16)15-10-4-5-11(14)9(8-10)6-7-18/h4-5,8,18H,6-7H2,1-3H3,(H,15,16). The van der Waals surface area contributed by atoms with E-state index in [0.717, 1.165) is 12.0 Å². The molecule has 0 radical (unpaired) electrons. The van der Waals surface area contributed by atoms with Crippen LogP contribution in [0.5, 0.6) is 0 Å². The number of nitrogens with one attached hydrogen (secondary N) is 1. The molecule has 0 aliphatic rings. The molecule has 0 saturated heterocycles. The summed E-state index contributed by atoms with van der Waals surface area (Å²) in [5.74, 6) is 0.704. The molecule has 0 spiro atoms. The first-order chi connectivity index (χ1) is 8.31. The molecule has 5 heteroatoms. The smallest absolute Gasteiger partial charge is 0.412 e. The molecule has 1 aromatic carbocycles. The van der Waals surface area contributed by atoms with Crippen LogP contribution in [0.1, 0.15) is 26.3 Å². The minimum absolute atomic E-state index is 0.471. The van der Waals surface area contributed by atoms with Crippen LogP contribution in [-0.4, -0.2) is 17.4 Å². The highest BCUT2D eigenvalue weighted by molar-refractivity contribution is 7.80. The number of anilines is 1. The highest BCUT2D eigenvalue weighted by Crippen LogP contribution is 2.22. The molecule has 100 valence electrons. The number of carbonyl (C=O) groups is 1. The van der Waals surface area contributed by atoms with E-state index in [1.807, 2.05) is 26.8 Å². The van der Waals surface area contributed by atoms with Gasteiger partial charge >= 0.3 is 6.09 Å². The Morgan fingerprint density at radius 3 is 2.67 bits per heavy atom. The topological polar surface area (TPSA) is 38.3 Å². The van der Waals surface area contributed by atoms with Crippen LogP contribution < -0.4 is 5.32 Å². The third kappa shape index (κ3) is 5.19. The van der Waals surface area contributed by atoms with Gasteiger partial charge in [0.05, 0.1) is 0 Å². The van der Waals surface area contributed by atoms with Crippen molar-refractivity contribution in [3.63, 3.8) is 0 Å². The van der Waals surface area contributed by atoms with Gasteiger partial charge in [-0.1, -0.05) is 11.6 Å². The molecule has 1 rings (SSSR count). The Balaban J connectivity index is 2.73. The summed E-state index contributed by atoms with van der Waals surface area (Å²) in [6.45, 7) is 5.46. The summed E-state index contributed by atoms with van der Waals surface area (Å²) >= 11 is 10.2. The van der Waals surface area contributed by atoms with Gasteiger partial charge in [0.15, 0.2) is 0 Å². The lowest BCUT2D eigenvalue weighted by molar-refractivity contribution is 0.0636. The zero-order chi connectivity index (χ0) is 13.8. The number of benzene rings is 1. The van der Waals surface area contributed by atoms with Crippen molar-refractivity contribution in [1.82, 2.24) is 0 Å². The van der Waals surface area contributed by atoms with Gasteiger partial charge in [-0.25, -0.2) is 4.79 Å². The molecule has 0 atom stereocenters. The van der Waals surface area contributed by atoms with Gasteiger partial charge < -0.3 is 4.74 Å². The molecule has 0 heterocycles. The second-order valence-corrected chi connectivity index (χ2v) is 5.76. The van der Waals surface area contributed by atoms with Crippen molar-refractivity contribution in [2.45, 2.75) is 32.8 Å². The number of carbonyl (C=O) groups excluding carboxylic acids is 1. The third-order valence-corrected chi connectivity index (χ3v) is 2.66. The molecule has 3 nitrogen and oxygen atoms in total.